The lowest BCUT2D eigenvalue weighted by Crippen LogP contribution is -2.55. The molecule has 0 N–H and O–H groups in total. The van der Waals surface area contributed by atoms with Gasteiger partial charge in [-0.15, -0.1) is 0 Å². The summed E-state index contributed by atoms with van der Waals surface area (Å²) in [5.41, 5.74) is 0. The fourth-order valence-corrected chi connectivity index (χ4v) is 2.05. The van der Waals surface area contributed by atoms with E-state index < -0.39 is 0 Å². The van der Waals surface area contributed by atoms with Gasteiger partial charge in [-0.25, -0.2) is 4.98 Å². The van der Waals surface area contributed by atoms with Crippen molar-refractivity contribution in [3.8, 4) is 0 Å². The zero-order valence-corrected chi connectivity index (χ0v) is 11.6. The predicted octanol–water partition coefficient (Wildman–Crippen LogP) is 2.03. The summed E-state index contributed by atoms with van der Waals surface area (Å²) in [6.45, 7) is 10.6. The highest BCUT2D eigenvalue weighted by Gasteiger charge is 2.26. The molecular weight excluding hydrogens is 212 g/mol. The molecule has 17 heavy (non-hydrogen) atoms. The topological polar surface area (TPSA) is 32.3 Å². The number of anilines is 1. The molecule has 2 unspecified atom stereocenters. The van der Waals surface area contributed by atoms with Gasteiger partial charge >= 0.3 is 0 Å². The summed E-state index contributed by atoms with van der Waals surface area (Å²) in [6.07, 6.45) is 5.31. The second-order valence-corrected chi connectivity index (χ2v) is 4.33. The fourth-order valence-electron chi connectivity index (χ4n) is 2.05. The molecule has 0 amide bonds. The van der Waals surface area contributed by atoms with Gasteiger partial charge in [0.25, 0.3) is 0 Å². The first-order valence-electron chi connectivity index (χ1n) is 6.41. The zero-order valence-electron chi connectivity index (χ0n) is 11.6. The maximum absolute atomic E-state index is 4.34. The number of hydrogen-bond acceptors (Lipinski definition) is 4. The maximum Gasteiger partial charge on any atom is 0.147 e. The smallest absolute Gasteiger partial charge is 0.147 e. The van der Waals surface area contributed by atoms with Gasteiger partial charge in [0.2, 0.25) is 0 Å². The van der Waals surface area contributed by atoms with Gasteiger partial charge < -0.3 is 4.90 Å². The Hall–Kier alpha value is -1.16. The molecule has 1 aliphatic heterocycles. The van der Waals surface area contributed by atoms with E-state index in [0.29, 0.717) is 12.1 Å². The van der Waals surface area contributed by atoms with Gasteiger partial charge in [-0.05, 0) is 20.9 Å². The summed E-state index contributed by atoms with van der Waals surface area (Å²) in [5, 5.41) is 0. The first kappa shape index (κ1) is 13.9. The van der Waals surface area contributed by atoms with Crippen LogP contribution in [-0.4, -0.2) is 47.1 Å². The number of nitrogens with zero attached hydrogens (tertiary/aromatic N) is 4. The van der Waals surface area contributed by atoms with Gasteiger partial charge in [0.1, 0.15) is 5.82 Å². The molecular formula is C13H24N4. The minimum absolute atomic E-state index is 0.566. The van der Waals surface area contributed by atoms with E-state index in [0.717, 1.165) is 18.9 Å². The summed E-state index contributed by atoms with van der Waals surface area (Å²) in [6, 6.07) is 1.13. The molecule has 2 rings (SSSR count). The lowest BCUT2D eigenvalue weighted by molar-refractivity contribution is 0.169. The lowest BCUT2D eigenvalue weighted by Gasteiger charge is -2.42. The molecule has 0 aliphatic carbocycles. The maximum atomic E-state index is 4.34. The quantitative estimate of drug-likeness (QED) is 0.747. The van der Waals surface area contributed by atoms with Crippen LogP contribution in [-0.2, 0) is 0 Å². The summed E-state index contributed by atoms with van der Waals surface area (Å²) >= 11 is 0. The van der Waals surface area contributed by atoms with Crippen LogP contribution < -0.4 is 4.90 Å². The number of likely N-dealkylation sites (N-methyl/N-ethyl adjacent to an activating group) is 1. The van der Waals surface area contributed by atoms with Crippen molar-refractivity contribution in [1.29, 1.82) is 0 Å². The SMILES string of the molecule is CC.CC1CN(c2cnccn2)CC(C)N1C. The van der Waals surface area contributed by atoms with Crippen LogP contribution in [0.2, 0.25) is 0 Å². The first-order chi connectivity index (χ1) is 8.18. The van der Waals surface area contributed by atoms with E-state index in [1.54, 1.807) is 12.4 Å². The Bertz CT molecular complexity index is 302. The molecule has 0 radical (unpaired) electrons. The lowest BCUT2D eigenvalue weighted by atomic mass is 10.1. The zero-order chi connectivity index (χ0) is 12.8. The van der Waals surface area contributed by atoms with Crippen molar-refractivity contribution in [2.75, 3.05) is 25.0 Å². The van der Waals surface area contributed by atoms with E-state index in [4.69, 9.17) is 0 Å². The highest BCUT2D eigenvalue weighted by Crippen LogP contribution is 2.18. The average molecular weight is 236 g/mol. The van der Waals surface area contributed by atoms with Gasteiger partial charge in [0.15, 0.2) is 0 Å². The average Bonchev–Trinajstić information content (AvgIpc) is 2.39. The normalized spacial score (nSPS) is 25.1. The van der Waals surface area contributed by atoms with Crippen molar-refractivity contribution >= 4 is 5.82 Å². The summed E-state index contributed by atoms with van der Waals surface area (Å²) in [4.78, 5) is 13.2. The molecule has 1 saturated heterocycles. The van der Waals surface area contributed by atoms with Crippen LogP contribution in [0.25, 0.3) is 0 Å². The molecule has 4 heteroatoms. The molecule has 0 saturated carbocycles. The number of piperazine rings is 1. The second kappa shape index (κ2) is 6.55. The van der Waals surface area contributed by atoms with Crippen molar-refractivity contribution in [3.63, 3.8) is 0 Å². The fraction of sp³-hybridized carbons (Fsp3) is 0.692. The Morgan fingerprint density at radius 1 is 1.12 bits per heavy atom. The second-order valence-electron chi connectivity index (χ2n) is 4.33. The van der Waals surface area contributed by atoms with E-state index in [2.05, 4.69) is 40.7 Å². The third-order valence-corrected chi connectivity index (χ3v) is 3.23. The molecule has 96 valence electrons. The number of aromatic nitrogens is 2. The highest BCUT2D eigenvalue weighted by molar-refractivity contribution is 5.36. The molecule has 2 heterocycles. The van der Waals surface area contributed by atoms with Gasteiger partial charge in [-0.1, -0.05) is 13.8 Å². The predicted molar refractivity (Wildman–Crippen MR) is 72.3 cm³/mol. The van der Waals surface area contributed by atoms with Crippen LogP contribution in [0.15, 0.2) is 18.6 Å². The Balaban J connectivity index is 0.000000686. The van der Waals surface area contributed by atoms with Gasteiger partial charge in [-0.3, -0.25) is 9.88 Å². The van der Waals surface area contributed by atoms with Crippen molar-refractivity contribution in [2.45, 2.75) is 39.8 Å². The molecule has 1 aliphatic rings. The summed E-state index contributed by atoms with van der Waals surface area (Å²) < 4.78 is 0. The van der Waals surface area contributed by atoms with Crippen molar-refractivity contribution in [3.05, 3.63) is 18.6 Å². The molecule has 4 nitrogen and oxygen atoms in total. The van der Waals surface area contributed by atoms with Gasteiger partial charge in [-0.2, -0.15) is 0 Å². The summed E-state index contributed by atoms with van der Waals surface area (Å²) in [5.74, 6) is 0.990. The minimum atomic E-state index is 0.566. The van der Waals surface area contributed by atoms with Crippen LogP contribution >= 0.6 is 0 Å². The van der Waals surface area contributed by atoms with Gasteiger partial charge in [0.05, 0.1) is 6.20 Å². The van der Waals surface area contributed by atoms with E-state index in [9.17, 15) is 0 Å². The third kappa shape index (κ3) is 3.40. The minimum Gasteiger partial charge on any atom is -0.352 e. The standard InChI is InChI=1S/C11H18N4.C2H6/c1-9-7-15(8-10(2)14(9)3)11-6-12-4-5-13-11;1-2/h4-6,9-10H,7-8H2,1-3H3;1-2H3. The number of rotatable bonds is 1. The van der Waals surface area contributed by atoms with Crippen molar-refractivity contribution in [1.82, 2.24) is 14.9 Å². The molecule has 1 fully saturated rings. The first-order valence-corrected chi connectivity index (χ1v) is 6.41. The van der Waals surface area contributed by atoms with E-state index in [1.807, 2.05) is 20.0 Å². The van der Waals surface area contributed by atoms with Crippen molar-refractivity contribution in [2.24, 2.45) is 0 Å². The van der Waals surface area contributed by atoms with E-state index in [1.165, 1.54) is 0 Å². The van der Waals surface area contributed by atoms with E-state index >= 15 is 0 Å². The monoisotopic (exact) mass is 236 g/mol. The molecule has 0 spiro atoms. The highest BCUT2D eigenvalue weighted by atomic mass is 15.3. The van der Waals surface area contributed by atoms with Crippen LogP contribution in [0.1, 0.15) is 27.7 Å². The molecule has 0 aromatic carbocycles. The largest absolute Gasteiger partial charge is 0.352 e. The third-order valence-electron chi connectivity index (χ3n) is 3.23. The van der Waals surface area contributed by atoms with Crippen LogP contribution in [0.5, 0.6) is 0 Å². The van der Waals surface area contributed by atoms with Gasteiger partial charge in [0, 0.05) is 37.6 Å². The number of hydrogen-bond donors (Lipinski definition) is 0. The van der Waals surface area contributed by atoms with E-state index in [-0.39, 0.29) is 0 Å². The Morgan fingerprint density at radius 2 is 1.71 bits per heavy atom. The van der Waals surface area contributed by atoms with Crippen molar-refractivity contribution < 1.29 is 0 Å². The van der Waals surface area contributed by atoms with Crippen LogP contribution in [0.3, 0.4) is 0 Å². The summed E-state index contributed by atoms with van der Waals surface area (Å²) in [7, 11) is 2.18. The molecule has 1 aromatic rings. The molecule has 0 bridgehead atoms. The Morgan fingerprint density at radius 3 is 2.18 bits per heavy atom. The van der Waals surface area contributed by atoms with Crippen LogP contribution in [0.4, 0.5) is 5.82 Å². The van der Waals surface area contributed by atoms with Crippen LogP contribution in [0, 0.1) is 0 Å². The molecule has 1 aromatic heterocycles. The Kier molecular flexibility index (Phi) is 5.35. The Labute approximate surface area is 105 Å². The molecule has 2 atom stereocenters.